The molecule has 1 heterocycles. The number of ether oxygens (including phenoxy) is 2. The summed E-state index contributed by atoms with van der Waals surface area (Å²) >= 11 is 0. The Bertz CT molecular complexity index is 507. The zero-order valence-corrected chi connectivity index (χ0v) is 12.9. The number of aliphatic carboxylic acids is 1. The van der Waals surface area contributed by atoms with Crippen LogP contribution in [-0.4, -0.2) is 43.3 Å². The van der Waals surface area contributed by atoms with Crippen molar-refractivity contribution in [2.24, 2.45) is 5.92 Å². The molecule has 0 amide bonds. The van der Waals surface area contributed by atoms with Crippen LogP contribution < -0.4 is 9.47 Å². The van der Waals surface area contributed by atoms with Gasteiger partial charge < -0.3 is 14.6 Å². The van der Waals surface area contributed by atoms with Gasteiger partial charge in [-0.05, 0) is 56.1 Å². The number of methoxy groups -OCH3 is 2. The monoisotopic (exact) mass is 293 g/mol. The maximum Gasteiger partial charge on any atom is 0.306 e. The van der Waals surface area contributed by atoms with Crippen molar-refractivity contribution >= 4 is 5.97 Å². The number of rotatable bonds is 5. The minimum Gasteiger partial charge on any atom is -0.493 e. The molecule has 0 aliphatic carbocycles. The molecule has 1 fully saturated rings. The standard InChI is InChI=1S/C16H23NO4/c1-11-8-14(20-2)15(21-3)9-13(11)10-17-6-4-12(5-7-17)16(18)19/h8-9,12H,4-7,10H2,1-3H3,(H,18,19). The van der Waals surface area contributed by atoms with E-state index in [2.05, 4.69) is 11.8 Å². The Labute approximate surface area is 125 Å². The van der Waals surface area contributed by atoms with Crippen molar-refractivity contribution < 1.29 is 19.4 Å². The lowest BCUT2D eigenvalue weighted by Crippen LogP contribution is -2.36. The van der Waals surface area contributed by atoms with Crippen LogP contribution in [0.2, 0.25) is 0 Å². The molecule has 1 aromatic carbocycles. The highest BCUT2D eigenvalue weighted by Crippen LogP contribution is 2.31. The molecule has 0 unspecified atom stereocenters. The van der Waals surface area contributed by atoms with Crippen LogP contribution in [0.1, 0.15) is 24.0 Å². The van der Waals surface area contributed by atoms with E-state index in [0.717, 1.165) is 49.5 Å². The molecule has 1 aliphatic heterocycles. The first-order valence-electron chi connectivity index (χ1n) is 7.21. The fourth-order valence-corrected chi connectivity index (χ4v) is 2.77. The van der Waals surface area contributed by atoms with Crippen molar-refractivity contribution in [2.45, 2.75) is 26.3 Å². The zero-order valence-electron chi connectivity index (χ0n) is 12.9. The predicted molar refractivity (Wildman–Crippen MR) is 79.9 cm³/mol. The molecule has 1 aromatic rings. The van der Waals surface area contributed by atoms with Crippen molar-refractivity contribution in [3.63, 3.8) is 0 Å². The van der Waals surface area contributed by atoms with Gasteiger partial charge in [0, 0.05) is 6.54 Å². The number of benzene rings is 1. The summed E-state index contributed by atoms with van der Waals surface area (Å²) in [6.07, 6.45) is 1.45. The van der Waals surface area contributed by atoms with Crippen LogP contribution in [0.15, 0.2) is 12.1 Å². The molecule has 1 saturated heterocycles. The summed E-state index contributed by atoms with van der Waals surface area (Å²) in [5, 5.41) is 9.04. The summed E-state index contributed by atoms with van der Waals surface area (Å²) in [4.78, 5) is 13.3. The molecule has 1 N–H and O–H groups in total. The third-order valence-electron chi connectivity index (χ3n) is 4.17. The maximum absolute atomic E-state index is 11.0. The van der Waals surface area contributed by atoms with Crippen LogP contribution >= 0.6 is 0 Å². The first kappa shape index (κ1) is 15.6. The van der Waals surface area contributed by atoms with Crippen LogP contribution in [0.25, 0.3) is 0 Å². The normalized spacial score (nSPS) is 16.7. The lowest BCUT2D eigenvalue weighted by Gasteiger charge is -2.30. The Hall–Kier alpha value is -1.75. The van der Waals surface area contributed by atoms with E-state index in [0.29, 0.717) is 0 Å². The number of hydrogen-bond donors (Lipinski definition) is 1. The molecule has 0 radical (unpaired) electrons. The van der Waals surface area contributed by atoms with Gasteiger partial charge in [0.1, 0.15) is 0 Å². The highest BCUT2D eigenvalue weighted by atomic mass is 16.5. The average Bonchev–Trinajstić information content (AvgIpc) is 2.49. The van der Waals surface area contributed by atoms with Gasteiger partial charge in [-0.3, -0.25) is 9.69 Å². The van der Waals surface area contributed by atoms with Crippen molar-refractivity contribution in [1.82, 2.24) is 4.90 Å². The van der Waals surface area contributed by atoms with Gasteiger partial charge in [-0.1, -0.05) is 0 Å². The van der Waals surface area contributed by atoms with Crippen LogP contribution in [0, 0.1) is 12.8 Å². The fraction of sp³-hybridized carbons (Fsp3) is 0.562. The summed E-state index contributed by atoms with van der Waals surface area (Å²) in [6.45, 7) is 4.52. The molecule has 5 heteroatoms. The highest BCUT2D eigenvalue weighted by Gasteiger charge is 2.24. The second kappa shape index (κ2) is 6.80. The quantitative estimate of drug-likeness (QED) is 0.902. The summed E-state index contributed by atoms with van der Waals surface area (Å²) in [7, 11) is 3.27. The molecule has 0 atom stereocenters. The van der Waals surface area contributed by atoms with Gasteiger partial charge in [0.15, 0.2) is 11.5 Å². The number of carboxylic acids is 1. The molecule has 0 spiro atoms. The Morgan fingerprint density at radius 1 is 1.24 bits per heavy atom. The molecule has 0 saturated carbocycles. The van der Waals surface area contributed by atoms with E-state index in [1.807, 2.05) is 12.1 Å². The highest BCUT2D eigenvalue weighted by molar-refractivity contribution is 5.70. The fourth-order valence-electron chi connectivity index (χ4n) is 2.77. The van der Waals surface area contributed by atoms with Gasteiger partial charge in [0.05, 0.1) is 20.1 Å². The van der Waals surface area contributed by atoms with Gasteiger partial charge in [-0.15, -0.1) is 0 Å². The Kier molecular flexibility index (Phi) is 5.07. The summed E-state index contributed by atoms with van der Waals surface area (Å²) in [6, 6.07) is 4.00. The van der Waals surface area contributed by atoms with Gasteiger partial charge in [0.25, 0.3) is 0 Å². The SMILES string of the molecule is COc1cc(C)c(CN2CCC(C(=O)O)CC2)cc1OC. The summed E-state index contributed by atoms with van der Waals surface area (Å²) in [5.74, 6) is 0.617. The number of likely N-dealkylation sites (tertiary alicyclic amines) is 1. The third kappa shape index (κ3) is 3.67. The zero-order chi connectivity index (χ0) is 15.4. The third-order valence-corrected chi connectivity index (χ3v) is 4.17. The average molecular weight is 293 g/mol. The minimum absolute atomic E-state index is 0.187. The smallest absolute Gasteiger partial charge is 0.306 e. The topological polar surface area (TPSA) is 59.0 Å². The molecule has 0 bridgehead atoms. The number of piperidine rings is 1. The summed E-state index contributed by atoms with van der Waals surface area (Å²) < 4.78 is 10.6. The number of carboxylic acid groups (broad SMARTS) is 1. The van der Waals surface area contributed by atoms with E-state index < -0.39 is 5.97 Å². The van der Waals surface area contributed by atoms with Crippen molar-refractivity contribution in [3.8, 4) is 11.5 Å². The van der Waals surface area contributed by atoms with Crippen molar-refractivity contribution in [2.75, 3.05) is 27.3 Å². The van der Waals surface area contributed by atoms with Crippen molar-refractivity contribution in [1.29, 1.82) is 0 Å². The first-order valence-corrected chi connectivity index (χ1v) is 7.21. The maximum atomic E-state index is 11.0. The summed E-state index contributed by atoms with van der Waals surface area (Å²) in [5.41, 5.74) is 2.36. The van der Waals surface area contributed by atoms with E-state index in [4.69, 9.17) is 14.6 Å². The van der Waals surface area contributed by atoms with E-state index in [-0.39, 0.29) is 5.92 Å². The molecular formula is C16H23NO4. The second-order valence-corrected chi connectivity index (χ2v) is 5.52. The van der Waals surface area contributed by atoms with E-state index >= 15 is 0 Å². The van der Waals surface area contributed by atoms with Crippen LogP contribution in [0.4, 0.5) is 0 Å². The lowest BCUT2D eigenvalue weighted by atomic mass is 9.96. The van der Waals surface area contributed by atoms with Crippen LogP contribution in [0.3, 0.4) is 0 Å². The predicted octanol–water partition coefficient (Wildman–Crippen LogP) is 2.31. The second-order valence-electron chi connectivity index (χ2n) is 5.52. The largest absolute Gasteiger partial charge is 0.493 e. The molecular weight excluding hydrogens is 270 g/mol. The van der Waals surface area contributed by atoms with E-state index in [1.165, 1.54) is 5.56 Å². The molecule has 0 aromatic heterocycles. The number of nitrogens with zero attached hydrogens (tertiary/aromatic N) is 1. The van der Waals surface area contributed by atoms with Gasteiger partial charge in [-0.2, -0.15) is 0 Å². The van der Waals surface area contributed by atoms with Crippen LogP contribution in [-0.2, 0) is 11.3 Å². The molecule has 21 heavy (non-hydrogen) atoms. The van der Waals surface area contributed by atoms with Crippen molar-refractivity contribution in [3.05, 3.63) is 23.3 Å². The first-order chi connectivity index (χ1) is 10.0. The van der Waals surface area contributed by atoms with Crippen LogP contribution in [0.5, 0.6) is 11.5 Å². The number of carbonyl (C=O) groups is 1. The minimum atomic E-state index is -0.669. The molecule has 1 aliphatic rings. The van der Waals surface area contributed by atoms with E-state index in [9.17, 15) is 4.79 Å². The number of aryl methyl sites for hydroxylation is 1. The Morgan fingerprint density at radius 3 is 2.33 bits per heavy atom. The van der Waals surface area contributed by atoms with E-state index in [1.54, 1.807) is 14.2 Å². The number of hydrogen-bond acceptors (Lipinski definition) is 4. The van der Waals surface area contributed by atoms with Gasteiger partial charge in [0.2, 0.25) is 0 Å². The Balaban J connectivity index is 2.05. The van der Waals surface area contributed by atoms with Gasteiger partial charge >= 0.3 is 5.97 Å². The molecule has 116 valence electrons. The lowest BCUT2D eigenvalue weighted by molar-refractivity contribution is -0.143. The molecule has 5 nitrogen and oxygen atoms in total. The Morgan fingerprint density at radius 2 is 1.81 bits per heavy atom. The van der Waals surface area contributed by atoms with Gasteiger partial charge in [-0.25, -0.2) is 0 Å². The molecule has 2 rings (SSSR count).